The molecule has 0 spiro atoms. The highest BCUT2D eigenvalue weighted by molar-refractivity contribution is 9.10. The number of alkyl halides is 3. The topological polar surface area (TPSA) is 38.5 Å². The van der Waals surface area contributed by atoms with Gasteiger partial charge in [0.25, 0.3) is 0 Å². The molecule has 1 heterocycles. The predicted molar refractivity (Wildman–Crippen MR) is 139 cm³/mol. The van der Waals surface area contributed by atoms with Gasteiger partial charge in [-0.3, -0.25) is 0 Å². The molecule has 0 fully saturated rings. The first kappa shape index (κ1) is 26.7. The highest BCUT2D eigenvalue weighted by Crippen LogP contribution is 2.37. The second-order valence-electron chi connectivity index (χ2n) is 7.74. The van der Waals surface area contributed by atoms with Gasteiger partial charge in [0.05, 0.1) is 24.2 Å². The van der Waals surface area contributed by atoms with E-state index in [9.17, 15) is 17.6 Å². The van der Waals surface area contributed by atoms with Gasteiger partial charge >= 0.3 is 6.18 Å². The number of hydrogen-bond acceptors (Lipinski definition) is 3. The van der Waals surface area contributed by atoms with Crippen LogP contribution in [0.1, 0.15) is 29.2 Å². The van der Waals surface area contributed by atoms with Crippen LogP contribution in [-0.4, -0.2) is 24.0 Å². The lowest BCUT2D eigenvalue weighted by molar-refractivity contribution is -0.137. The molecule has 2 N–H and O–H groups in total. The third kappa shape index (κ3) is 7.05. The number of halogens is 5. The van der Waals surface area contributed by atoms with Gasteiger partial charge in [-0.1, -0.05) is 46.4 Å². The zero-order valence-electron chi connectivity index (χ0n) is 18.7. The van der Waals surface area contributed by atoms with Crippen LogP contribution in [-0.2, 0) is 6.18 Å². The lowest BCUT2D eigenvalue weighted by atomic mass is 9.91. The minimum absolute atomic E-state index is 0.225. The molecule has 1 atom stereocenters. The fraction of sp³-hybridized carbons (Fsp3) is 0.192. The Labute approximate surface area is 215 Å². The van der Waals surface area contributed by atoms with Crippen molar-refractivity contribution in [2.75, 3.05) is 19.4 Å². The smallest absolute Gasteiger partial charge is 0.416 e. The van der Waals surface area contributed by atoms with Gasteiger partial charge in [0.15, 0.2) is 0 Å². The van der Waals surface area contributed by atoms with Gasteiger partial charge < -0.3 is 15.4 Å². The van der Waals surface area contributed by atoms with Crippen molar-refractivity contribution in [3.63, 3.8) is 0 Å². The molecule has 0 aromatic heterocycles. The average molecular weight is 567 g/mol. The molecule has 0 bridgehead atoms. The lowest BCUT2D eigenvalue weighted by Gasteiger charge is -2.33. The van der Waals surface area contributed by atoms with Crippen LogP contribution >= 0.6 is 28.1 Å². The molecule has 0 saturated carbocycles. The number of anilines is 1. The number of ether oxygens (including phenoxy) is 1. The maximum Gasteiger partial charge on any atom is 0.416 e. The number of nitrogens with zero attached hydrogens (tertiary/aromatic N) is 1. The fourth-order valence-electron chi connectivity index (χ4n) is 3.64. The molecular weight excluding hydrogens is 544 g/mol. The molecule has 0 aliphatic carbocycles. The molecule has 1 aliphatic heterocycles. The van der Waals surface area contributed by atoms with Crippen molar-refractivity contribution in [2.45, 2.75) is 18.6 Å². The molecule has 0 radical (unpaired) electrons. The molecule has 184 valence electrons. The molecule has 1 unspecified atom stereocenters. The summed E-state index contributed by atoms with van der Waals surface area (Å²) in [5.41, 5.74) is 10.4. The first-order chi connectivity index (χ1) is 16.6. The molecule has 0 saturated heterocycles. The van der Waals surface area contributed by atoms with E-state index in [1.807, 2.05) is 29.2 Å². The highest BCUT2D eigenvalue weighted by Gasteiger charge is 2.31. The second-order valence-corrected chi connectivity index (χ2v) is 8.87. The van der Waals surface area contributed by atoms with Gasteiger partial charge in [0.1, 0.15) is 11.6 Å². The number of benzene rings is 3. The monoisotopic (exact) mass is 566 g/mol. The maximum atomic E-state index is 12.8. The van der Waals surface area contributed by atoms with Crippen LogP contribution in [0, 0.1) is 5.82 Å². The van der Waals surface area contributed by atoms with E-state index in [1.165, 1.54) is 24.3 Å². The standard InChI is InChI=1S/C19H16BrF3N2S.C7H7FO/c20-15-5-6-17(24)16(10-15)13-7-8-25(11-26)18(9-13)12-1-3-14(4-2-12)19(21,22)23;1-9-7-4-2-6(8)3-5-7/h1-6,9-11,18H,7-8,24H2;2-5H,1H3. The first-order valence-electron chi connectivity index (χ1n) is 10.6. The molecular formula is C26H23BrF4N2OS. The van der Waals surface area contributed by atoms with Crippen LogP contribution in [0.25, 0.3) is 5.57 Å². The summed E-state index contributed by atoms with van der Waals surface area (Å²) in [5, 5.41) is 0. The van der Waals surface area contributed by atoms with Crippen molar-refractivity contribution < 1.29 is 22.3 Å². The van der Waals surface area contributed by atoms with Crippen molar-refractivity contribution >= 4 is 44.9 Å². The van der Waals surface area contributed by atoms with Crippen molar-refractivity contribution in [3.8, 4) is 5.75 Å². The van der Waals surface area contributed by atoms with Crippen LogP contribution in [0.2, 0.25) is 0 Å². The Morgan fingerprint density at radius 1 is 1.06 bits per heavy atom. The van der Waals surface area contributed by atoms with E-state index in [-0.39, 0.29) is 11.9 Å². The Morgan fingerprint density at radius 3 is 2.29 bits per heavy atom. The molecule has 3 aromatic rings. The van der Waals surface area contributed by atoms with E-state index < -0.39 is 11.7 Å². The minimum Gasteiger partial charge on any atom is -0.497 e. The molecule has 0 amide bonds. The summed E-state index contributed by atoms with van der Waals surface area (Å²) in [6.45, 7) is 0.674. The summed E-state index contributed by atoms with van der Waals surface area (Å²) in [4.78, 5) is 1.94. The van der Waals surface area contributed by atoms with Crippen molar-refractivity contribution in [3.05, 3.63) is 99.8 Å². The van der Waals surface area contributed by atoms with Crippen LogP contribution in [0.15, 0.2) is 77.3 Å². The zero-order chi connectivity index (χ0) is 25.6. The molecule has 3 aromatic carbocycles. The largest absolute Gasteiger partial charge is 0.497 e. The van der Waals surface area contributed by atoms with E-state index in [2.05, 4.69) is 15.9 Å². The molecule has 1 aliphatic rings. The Hall–Kier alpha value is -2.91. The number of hydrogen-bond donors (Lipinski definition) is 1. The Bertz CT molecular complexity index is 1180. The lowest BCUT2D eigenvalue weighted by Crippen LogP contribution is -2.30. The van der Waals surface area contributed by atoms with Crippen molar-refractivity contribution in [1.82, 2.24) is 4.90 Å². The van der Waals surface area contributed by atoms with Gasteiger partial charge in [-0.25, -0.2) is 4.39 Å². The predicted octanol–water partition coefficient (Wildman–Crippen LogP) is 7.67. The van der Waals surface area contributed by atoms with Crippen LogP contribution in [0.4, 0.5) is 23.2 Å². The van der Waals surface area contributed by atoms with Crippen LogP contribution < -0.4 is 10.5 Å². The minimum atomic E-state index is -4.35. The Kier molecular flexibility index (Phi) is 8.91. The number of nitrogen functional groups attached to an aromatic ring is 1. The van der Waals surface area contributed by atoms with Gasteiger partial charge in [-0.15, -0.1) is 0 Å². The number of thiocarbonyl (C=S) groups is 1. The Morgan fingerprint density at radius 2 is 1.71 bits per heavy atom. The summed E-state index contributed by atoms with van der Waals surface area (Å²) < 4.78 is 56.3. The number of rotatable bonds is 4. The second kappa shape index (κ2) is 11.7. The van der Waals surface area contributed by atoms with E-state index in [0.29, 0.717) is 18.0 Å². The third-order valence-electron chi connectivity index (χ3n) is 5.48. The summed E-state index contributed by atoms with van der Waals surface area (Å²) in [5.74, 6) is 0.437. The summed E-state index contributed by atoms with van der Waals surface area (Å²) >= 11 is 8.55. The average Bonchev–Trinajstić information content (AvgIpc) is 2.85. The molecule has 35 heavy (non-hydrogen) atoms. The maximum absolute atomic E-state index is 12.8. The quantitative estimate of drug-likeness (QED) is 0.200. The van der Waals surface area contributed by atoms with E-state index in [0.717, 1.165) is 39.7 Å². The SMILES string of the molecule is COc1ccc(F)cc1.Nc1ccc(Br)cc1C1=CC(c2ccc(C(F)(F)F)cc2)N(C=S)CC1. The van der Waals surface area contributed by atoms with Gasteiger partial charge in [0, 0.05) is 22.3 Å². The normalized spacial score (nSPS) is 15.5. The number of methoxy groups -OCH3 is 1. The van der Waals surface area contributed by atoms with E-state index in [4.69, 9.17) is 22.7 Å². The molecule has 4 rings (SSSR count). The van der Waals surface area contributed by atoms with Crippen LogP contribution in [0.3, 0.4) is 0 Å². The van der Waals surface area contributed by atoms with Gasteiger partial charge in [-0.05, 0) is 72.2 Å². The molecule has 3 nitrogen and oxygen atoms in total. The van der Waals surface area contributed by atoms with E-state index in [1.54, 1.807) is 24.7 Å². The van der Waals surface area contributed by atoms with Crippen molar-refractivity contribution in [2.24, 2.45) is 0 Å². The first-order valence-corrected chi connectivity index (χ1v) is 11.8. The van der Waals surface area contributed by atoms with Crippen molar-refractivity contribution in [1.29, 1.82) is 0 Å². The number of nitrogens with two attached hydrogens (primary N) is 1. The third-order valence-corrected chi connectivity index (χ3v) is 6.25. The zero-order valence-corrected chi connectivity index (χ0v) is 21.1. The summed E-state index contributed by atoms with van der Waals surface area (Å²) in [6.07, 6.45) is -1.57. The highest BCUT2D eigenvalue weighted by atomic mass is 79.9. The fourth-order valence-corrected chi connectivity index (χ4v) is 4.23. The van der Waals surface area contributed by atoms with E-state index >= 15 is 0 Å². The summed E-state index contributed by atoms with van der Waals surface area (Å²) in [6, 6.07) is 16.5. The Balaban J connectivity index is 0.000000320. The van der Waals surface area contributed by atoms with Crippen LogP contribution in [0.5, 0.6) is 5.75 Å². The van der Waals surface area contributed by atoms with Gasteiger partial charge in [-0.2, -0.15) is 13.2 Å². The molecule has 9 heteroatoms. The van der Waals surface area contributed by atoms with Gasteiger partial charge in [0.2, 0.25) is 0 Å². The summed E-state index contributed by atoms with van der Waals surface area (Å²) in [7, 11) is 1.55.